The minimum atomic E-state index is -2.52. The summed E-state index contributed by atoms with van der Waals surface area (Å²) in [6.07, 6.45) is 1.99. The van der Waals surface area contributed by atoms with Crippen LogP contribution in [0.1, 0.15) is 38.3 Å². The monoisotopic (exact) mass is 556 g/mol. The highest BCUT2D eigenvalue weighted by Gasteiger charge is 2.51. The van der Waals surface area contributed by atoms with E-state index >= 15 is 0 Å². The highest BCUT2D eigenvalue weighted by molar-refractivity contribution is 14.2. The Morgan fingerprint density at radius 2 is 2.00 bits per heavy atom. The van der Waals surface area contributed by atoms with E-state index in [1.807, 2.05) is 24.3 Å². The number of nitrogens with zero attached hydrogens (tertiary/aromatic N) is 1. The zero-order chi connectivity index (χ0) is 20.6. The summed E-state index contributed by atoms with van der Waals surface area (Å²) in [5.41, 5.74) is 11.1. The van der Waals surface area contributed by atoms with Gasteiger partial charge in [-0.3, -0.25) is 4.21 Å². The van der Waals surface area contributed by atoms with Gasteiger partial charge in [0.2, 0.25) is 0 Å². The fourth-order valence-corrected chi connectivity index (χ4v) is 11.1. The fourth-order valence-electron chi connectivity index (χ4n) is 3.70. The third-order valence-corrected chi connectivity index (χ3v) is 16.7. The summed E-state index contributed by atoms with van der Waals surface area (Å²) in [6, 6.07) is 16.3. The Kier molecular flexibility index (Phi) is 6.24. The predicted molar refractivity (Wildman–Crippen MR) is 138 cm³/mol. The van der Waals surface area contributed by atoms with E-state index in [1.54, 1.807) is 23.1 Å². The molecule has 2 N–H and O–H groups in total. The summed E-state index contributed by atoms with van der Waals surface area (Å²) in [5, 5.41) is 3.00. The molecule has 0 amide bonds. The number of thiol groups is 1. The summed E-state index contributed by atoms with van der Waals surface area (Å²) in [5.74, 6) is 0.716. The first-order chi connectivity index (χ1) is 13.9. The molecule has 154 valence electrons. The van der Waals surface area contributed by atoms with E-state index in [0.717, 1.165) is 45.1 Å². The number of fused-ring (bicyclic) bond motifs is 1. The second kappa shape index (κ2) is 8.42. The van der Waals surface area contributed by atoms with Crippen molar-refractivity contribution in [2.75, 3.05) is 5.75 Å². The van der Waals surface area contributed by atoms with Crippen LogP contribution >= 0.6 is 44.3 Å². The lowest BCUT2D eigenvalue weighted by Crippen LogP contribution is -2.42. The standard InChI is InChI=1S/C22H25IN2OS3/c1-3-4-13-29(23,26)22(2)20(24)19-16(15-9-6-5-7-10-15)14-17(25-21(19)28-22)18-11-8-12-27-18/h5-12,14,20,29H,3-4,13,24H2,1-2H3. The van der Waals surface area contributed by atoms with Crippen molar-refractivity contribution in [3.8, 4) is 21.7 Å². The van der Waals surface area contributed by atoms with Crippen LogP contribution in [-0.2, 0) is 7.10 Å². The molecule has 1 aliphatic rings. The van der Waals surface area contributed by atoms with Gasteiger partial charge in [0.05, 0.1) is 20.7 Å². The zero-order valence-corrected chi connectivity index (χ0v) is 21.2. The van der Waals surface area contributed by atoms with Gasteiger partial charge in [-0.05, 0) is 49.1 Å². The molecule has 2 unspecified atom stereocenters. The quantitative estimate of drug-likeness (QED) is 0.208. The van der Waals surface area contributed by atoms with E-state index in [0.29, 0.717) is 5.75 Å². The van der Waals surface area contributed by atoms with Crippen LogP contribution < -0.4 is 5.73 Å². The number of nitrogens with two attached hydrogens (primary N) is 1. The van der Waals surface area contributed by atoms with Crippen LogP contribution in [0.15, 0.2) is 58.9 Å². The van der Waals surface area contributed by atoms with E-state index in [2.05, 4.69) is 64.7 Å². The predicted octanol–water partition coefficient (Wildman–Crippen LogP) is 6.47. The first kappa shape index (κ1) is 21.5. The Labute approximate surface area is 193 Å². The smallest absolute Gasteiger partial charge is 0.104 e. The topological polar surface area (TPSA) is 56.0 Å². The number of hydrogen-bond donors (Lipinski definition) is 2. The molecule has 0 bridgehead atoms. The molecule has 0 aliphatic carbocycles. The van der Waals surface area contributed by atoms with Crippen molar-refractivity contribution in [1.29, 1.82) is 0 Å². The van der Waals surface area contributed by atoms with Gasteiger partial charge in [-0.2, -0.15) is 0 Å². The van der Waals surface area contributed by atoms with E-state index < -0.39 is 11.2 Å². The van der Waals surface area contributed by atoms with Crippen LogP contribution in [0.2, 0.25) is 0 Å². The lowest BCUT2D eigenvalue weighted by Gasteiger charge is -2.37. The number of halogens is 1. The normalized spacial score (nSPS) is 21.9. The average molecular weight is 557 g/mol. The average Bonchev–Trinajstić information content (AvgIpc) is 3.34. The molecule has 2 aromatic heterocycles. The first-order valence-corrected chi connectivity index (χ1v) is 16.1. The molecule has 29 heavy (non-hydrogen) atoms. The number of unbranched alkanes of at least 4 members (excludes halogenated alkanes) is 1. The maximum absolute atomic E-state index is 13.8. The molecule has 1 aromatic carbocycles. The van der Waals surface area contributed by atoms with Gasteiger partial charge in [0.15, 0.2) is 0 Å². The molecule has 0 spiro atoms. The van der Waals surface area contributed by atoms with Crippen molar-refractivity contribution >= 4 is 51.4 Å². The van der Waals surface area contributed by atoms with Gasteiger partial charge < -0.3 is 5.73 Å². The van der Waals surface area contributed by atoms with Crippen molar-refractivity contribution in [2.45, 2.75) is 41.8 Å². The van der Waals surface area contributed by atoms with Crippen molar-refractivity contribution in [1.82, 2.24) is 4.98 Å². The van der Waals surface area contributed by atoms with E-state index in [4.69, 9.17) is 10.7 Å². The molecule has 1 aliphatic heterocycles. The number of thiophene rings is 1. The highest BCUT2D eigenvalue weighted by Crippen LogP contribution is 2.59. The Morgan fingerprint density at radius 1 is 1.24 bits per heavy atom. The maximum Gasteiger partial charge on any atom is 0.104 e. The lowest BCUT2D eigenvalue weighted by molar-refractivity contribution is 0.622. The number of rotatable bonds is 6. The van der Waals surface area contributed by atoms with Crippen molar-refractivity contribution in [3.05, 3.63) is 59.5 Å². The molecule has 2 atom stereocenters. The van der Waals surface area contributed by atoms with Gasteiger partial charge in [0.25, 0.3) is 0 Å². The van der Waals surface area contributed by atoms with Gasteiger partial charge in [-0.1, -0.05) is 61.5 Å². The van der Waals surface area contributed by atoms with Crippen LogP contribution in [0.3, 0.4) is 0 Å². The summed E-state index contributed by atoms with van der Waals surface area (Å²) in [7, 11) is -2.52. The van der Waals surface area contributed by atoms with Gasteiger partial charge >= 0.3 is 0 Å². The van der Waals surface area contributed by atoms with Crippen LogP contribution in [0.4, 0.5) is 0 Å². The zero-order valence-electron chi connectivity index (χ0n) is 16.5. The maximum atomic E-state index is 13.8. The molecule has 0 radical (unpaired) electrons. The summed E-state index contributed by atoms with van der Waals surface area (Å²) >= 11 is 5.51. The van der Waals surface area contributed by atoms with E-state index in [9.17, 15) is 4.21 Å². The molecule has 3 aromatic rings. The second-order valence-corrected chi connectivity index (χ2v) is 17.5. The third-order valence-electron chi connectivity index (χ3n) is 5.54. The Bertz CT molecular complexity index is 1060. The van der Waals surface area contributed by atoms with Gasteiger partial charge in [-0.15, -0.1) is 11.3 Å². The number of aromatic nitrogens is 1. The first-order valence-electron chi connectivity index (χ1n) is 9.75. The molecular formula is C22H25IN2OS3. The van der Waals surface area contributed by atoms with Gasteiger partial charge in [-0.25, -0.2) is 4.98 Å². The number of thioether (sulfide) groups is 1. The summed E-state index contributed by atoms with van der Waals surface area (Å²) in [4.78, 5) is 6.13. The summed E-state index contributed by atoms with van der Waals surface area (Å²) < 4.78 is 13.3. The molecule has 4 rings (SSSR count). The Balaban J connectivity index is 1.88. The van der Waals surface area contributed by atoms with Crippen LogP contribution in [0.5, 0.6) is 0 Å². The van der Waals surface area contributed by atoms with Crippen molar-refractivity contribution in [3.63, 3.8) is 0 Å². The SMILES string of the molecule is CCCC[SH](=O)(I)C1(C)Sc2nc(-c3cccs3)cc(-c3ccccc3)c2C1N. The van der Waals surface area contributed by atoms with Crippen LogP contribution in [-0.4, -0.2) is 19.0 Å². The molecule has 3 heterocycles. The minimum absolute atomic E-state index is 0.317. The largest absolute Gasteiger partial charge is 0.322 e. The number of pyridine rings is 1. The number of hydrogen-bond acceptors (Lipinski definition) is 5. The number of benzene rings is 1. The molecular weight excluding hydrogens is 531 g/mol. The summed E-state index contributed by atoms with van der Waals surface area (Å²) in [6.45, 7) is 4.21. The van der Waals surface area contributed by atoms with E-state index in [1.165, 1.54) is 0 Å². The van der Waals surface area contributed by atoms with Crippen molar-refractivity contribution < 1.29 is 4.21 Å². The minimum Gasteiger partial charge on any atom is -0.322 e. The Morgan fingerprint density at radius 3 is 2.66 bits per heavy atom. The van der Waals surface area contributed by atoms with Crippen LogP contribution in [0.25, 0.3) is 21.7 Å². The lowest BCUT2D eigenvalue weighted by atomic mass is 9.95. The second-order valence-electron chi connectivity index (χ2n) is 7.48. The molecule has 3 nitrogen and oxygen atoms in total. The molecule has 0 fully saturated rings. The highest BCUT2D eigenvalue weighted by atomic mass is 127. The van der Waals surface area contributed by atoms with E-state index in [-0.39, 0.29) is 6.04 Å². The van der Waals surface area contributed by atoms with Gasteiger partial charge in [0.1, 0.15) is 5.03 Å². The van der Waals surface area contributed by atoms with Crippen LogP contribution in [0, 0.1) is 0 Å². The molecule has 7 heteroatoms. The fraction of sp³-hybridized carbons (Fsp3) is 0.318. The molecule has 0 saturated carbocycles. The Hall–Kier alpha value is -0.740. The molecule has 0 saturated heterocycles. The third kappa shape index (κ3) is 3.84. The van der Waals surface area contributed by atoms with Crippen molar-refractivity contribution in [2.24, 2.45) is 5.73 Å². The van der Waals surface area contributed by atoms with Gasteiger partial charge in [0, 0.05) is 32.5 Å².